The molecule has 0 aliphatic carbocycles. The van der Waals surface area contributed by atoms with Gasteiger partial charge in [-0.15, -0.1) is 0 Å². The van der Waals surface area contributed by atoms with Crippen molar-refractivity contribution >= 4 is 36.6 Å². The number of rotatable bonds is 4. The van der Waals surface area contributed by atoms with E-state index in [4.69, 9.17) is 5.14 Å². The van der Waals surface area contributed by atoms with Crippen molar-refractivity contribution in [3.05, 3.63) is 54.7 Å². The molecule has 3 rings (SSSR count). The fraction of sp³-hybridized carbons (Fsp3) is 0. The second-order valence-corrected chi connectivity index (χ2v) is 8.15. The smallest absolute Gasteiger partial charge is 0.261 e. The number of benzene rings is 2. The van der Waals surface area contributed by atoms with Crippen molar-refractivity contribution in [3.63, 3.8) is 0 Å². The number of aromatic nitrogens is 1. The Bertz CT molecular complexity index is 1090. The van der Waals surface area contributed by atoms with E-state index in [0.29, 0.717) is 5.69 Å². The molecule has 2 aromatic carbocycles. The Kier molecular flexibility index (Phi) is 3.63. The van der Waals surface area contributed by atoms with E-state index < -0.39 is 20.0 Å². The Morgan fingerprint density at radius 3 is 2.39 bits per heavy atom. The number of sulfonamides is 2. The van der Waals surface area contributed by atoms with Gasteiger partial charge in [-0.05, 0) is 42.5 Å². The van der Waals surface area contributed by atoms with Gasteiger partial charge in [0, 0.05) is 22.8 Å². The van der Waals surface area contributed by atoms with Gasteiger partial charge < -0.3 is 4.98 Å². The van der Waals surface area contributed by atoms with Crippen LogP contribution in [0.2, 0.25) is 0 Å². The summed E-state index contributed by atoms with van der Waals surface area (Å²) in [6, 6.07) is 11.7. The standard InChI is InChI=1S/C14H13N3O4S2/c15-22(18,19)12-2-1-3-13(9-12)23(20,21)17-11-4-5-14-10(8-11)6-7-16-14/h1-9,16-17H,(H2,15,18,19). The highest BCUT2D eigenvalue weighted by Crippen LogP contribution is 2.22. The van der Waals surface area contributed by atoms with E-state index in [0.717, 1.165) is 17.0 Å². The van der Waals surface area contributed by atoms with E-state index in [-0.39, 0.29) is 9.79 Å². The Hall–Kier alpha value is -2.36. The summed E-state index contributed by atoms with van der Waals surface area (Å²) >= 11 is 0. The number of nitrogens with two attached hydrogens (primary N) is 1. The van der Waals surface area contributed by atoms with Crippen molar-refractivity contribution in [2.24, 2.45) is 5.14 Å². The number of aromatic amines is 1. The van der Waals surface area contributed by atoms with Crippen LogP contribution >= 0.6 is 0 Å². The molecule has 23 heavy (non-hydrogen) atoms. The zero-order valence-electron chi connectivity index (χ0n) is 11.7. The monoisotopic (exact) mass is 351 g/mol. The quantitative estimate of drug-likeness (QED) is 0.661. The summed E-state index contributed by atoms with van der Waals surface area (Å²) in [5.74, 6) is 0. The highest BCUT2D eigenvalue weighted by molar-refractivity contribution is 7.93. The fourth-order valence-electron chi connectivity index (χ4n) is 2.15. The Balaban J connectivity index is 1.98. The van der Waals surface area contributed by atoms with Crippen molar-refractivity contribution in [2.45, 2.75) is 9.79 Å². The zero-order valence-corrected chi connectivity index (χ0v) is 13.4. The van der Waals surface area contributed by atoms with Crippen molar-refractivity contribution < 1.29 is 16.8 Å². The molecule has 1 heterocycles. The summed E-state index contributed by atoms with van der Waals surface area (Å²) in [4.78, 5) is 2.56. The number of primary sulfonamides is 1. The van der Waals surface area contributed by atoms with Crippen LogP contribution in [-0.2, 0) is 20.0 Å². The molecular weight excluding hydrogens is 338 g/mol. The number of H-pyrrole nitrogens is 1. The molecule has 0 saturated heterocycles. The van der Waals surface area contributed by atoms with Crippen LogP contribution in [0.1, 0.15) is 0 Å². The Morgan fingerprint density at radius 2 is 1.65 bits per heavy atom. The van der Waals surface area contributed by atoms with Crippen LogP contribution in [0.4, 0.5) is 5.69 Å². The normalized spacial score (nSPS) is 12.4. The lowest BCUT2D eigenvalue weighted by Gasteiger charge is -2.09. The van der Waals surface area contributed by atoms with Crippen LogP contribution in [0.3, 0.4) is 0 Å². The first-order valence-corrected chi connectivity index (χ1v) is 9.51. The van der Waals surface area contributed by atoms with Crippen molar-refractivity contribution in [2.75, 3.05) is 4.72 Å². The molecule has 0 bridgehead atoms. The molecule has 0 unspecified atom stereocenters. The van der Waals surface area contributed by atoms with E-state index in [1.165, 1.54) is 18.2 Å². The number of hydrogen-bond donors (Lipinski definition) is 3. The topological polar surface area (TPSA) is 122 Å². The average molecular weight is 351 g/mol. The fourth-order valence-corrected chi connectivity index (χ4v) is 3.88. The van der Waals surface area contributed by atoms with Crippen molar-refractivity contribution in [1.82, 2.24) is 4.98 Å². The third-order valence-electron chi connectivity index (χ3n) is 3.25. The Morgan fingerprint density at radius 1 is 0.913 bits per heavy atom. The largest absolute Gasteiger partial charge is 0.361 e. The van der Waals surface area contributed by atoms with Gasteiger partial charge in [0.05, 0.1) is 9.79 Å². The molecule has 4 N–H and O–H groups in total. The number of hydrogen-bond acceptors (Lipinski definition) is 4. The first kappa shape index (κ1) is 15.5. The lowest BCUT2D eigenvalue weighted by Crippen LogP contribution is -2.16. The van der Waals surface area contributed by atoms with Gasteiger partial charge in [0.1, 0.15) is 0 Å². The van der Waals surface area contributed by atoms with E-state index in [1.54, 1.807) is 24.4 Å². The summed E-state index contributed by atoms with van der Waals surface area (Å²) in [7, 11) is -7.90. The lowest BCUT2D eigenvalue weighted by molar-refractivity contribution is 0.597. The molecule has 0 aliphatic heterocycles. The summed E-state index contributed by atoms with van der Waals surface area (Å²) in [5.41, 5.74) is 1.25. The van der Waals surface area contributed by atoms with Gasteiger partial charge in [-0.2, -0.15) is 0 Å². The first-order valence-electron chi connectivity index (χ1n) is 6.48. The van der Waals surface area contributed by atoms with Gasteiger partial charge in [-0.25, -0.2) is 22.0 Å². The summed E-state index contributed by atoms with van der Waals surface area (Å²) in [5, 5.41) is 5.88. The van der Waals surface area contributed by atoms with Crippen LogP contribution in [-0.4, -0.2) is 21.8 Å². The van der Waals surface area contributed by atoms with Crippen LogP contribution in [0, 0.1) is 0 Å². The van der Waals surface area contributed by atoms with E-state index >= 15 is 0 Å². The first-order chi connectivity index (χ1) is 10.8. The molecule has 1 aromatic heterocycles. The van der Waals surface area contributed by atoms with E-state index in [2.05, 4.69) is 9.71 Å². The third-order valence-corrected chi connectivity index (χ3v) is 5.54. The van der Waals surface area contributed by atoms with Gasteiger partial charge >= 0.3 is 0 Å². The molecule has 0 fully saturated rings. The number of anilines is 1. The van der Waals surface area contributed by atoms with Crippen LogP contribution < -0.4 is 9.86 Å². The second kappa shape index (κ2) is 5.37. The minimum absolute atomic E-state index is 0.182. The van der Waals surface area contributed by atoms with Gasteiger partial charge in [0.15, 0.2) is 0 Å². The molecule has 0 radical (unpaired) electrons. The molecule has 0 amide bonds. The molecule has 0 saturated carbocycles. The molecule has 3 aromatic rings. The predicted octanol–water partition coefficient (Wildman–Crippen LogP) is 1.62. The average Bonchev–Trinajstić information content (AvgIpc) is 2.93. The minimum atomic E-state index is -3.98. The summed E-state index contributed by atoms with van der Waals surface area (Å²) in [6.45, 7) is 0. The highest BCUT2D eigenvalue weighted by atomic mass is 32.2. The summed E-state index contributed by atoms with van der Waals surface area (Å²) < 4.78 is 49.9. The van der Waals surface area contributed by atoms with Crippen molar-refractivity contribution in [3.8, 4) is 0 Å². The maximum atomic E-state index is 12.4. The minimum Gasteiger partial charge on any atom is -0.361 e. The van der Waals surface area contributed by atoms with Crippen LogP contribution in [0.25, 0.3) is 10.9 Å². The summed E-state index contributed by atoms with van der Waals surface area (Å²) in [6.07, 6.45) is 1.75. The molecular formula is C14H13N3O4S2. The third kappa shape index (κ3) is 3.21. The molecule has 120 valence electrons. The van der Waals surface area contributed by atoms with Gasteiger partial charge in [0.2, 0.25) is 10.0 Å². The van der Waals surface area contributed by atoms with Crippen LogP contribution in [0.15, 0.2) is 64.5 Å². The number of nitrogens with one attached hydrogen (secondary N) is 2. The van der Waals surface area contributed by atoms with Crippen molar-refractivity contribution in [1.29, 1.82) is 0 Å². The molecule has 9 heteroatoms. The zero-order chi connectivity index (χ0) is 16.7. The number of fused-ring (bicyclic) bond motifs is 1. The van der Waals surface area contributed by atoms with E-state index in [9.17, 15) is 16.8 Å². The molecule has 7 nitrogen and oxygen atoms in total. The van der Waals surface area contributed by atoms with E-state index in [1.807, 2.05) is 6.07 Å². The highest BCUT2D eigenvalue weighted by Gasteiger charge is 2.17. The maximum absolute atomic E-state index is 12.4. The van der Waals surface area contributed by atoms with Gasteiger partial charge in [0.25, 0.3) is 10.0 Å². The Labute approximate surface area is 133 Å². The van der Waals surface area contributed by atoms with Gasteiger partial charge in [-0.1, -0.05) is 6.07 Å². The second-order valence-electron chi connectivity index (χ2n) is 4.91. The predicted molar refractivity (Wildman–Crippen MR) is 86.9 cm³/mol. The maximum Gasteiger partial charge on any atom is 0.261 e. The lowest BCUT2D eigenvalue weighted by atomic mass is 10.2. The van der Waals surface area contributed by atoms with Crippen LogP contribution in [0.5, 0.6) is 0 Å². The molecule has 0 aliphatic rings. The molecule has 0 atom stereocenters. The SMILES string of the molecule is NS(=O)(=O)c1cccc(S(=O)(=O)Nc2ccc3[nH]ccc3c2)c1. The van der Waals surface area contributed by atoms with Gasteiger partial charge in [-0.3, -0.25) is 4.72 Å². The molecule has 0 spiro atoms.